The van der Waals surface area contributed by atoms with Crippen LogP contribution in [-0.4, -0.2) is 23.9 Å². The molecule has 0 saturated carbocycles. The molecule has 0 aromatic carbocycles. The maximum atomic E-state index is 3.60. The van der Waals surface area contributed by atoms with E-state index >= 15 is 0 Å². The normalized spacial score (nSPS) is 6.43. The van der Waals surface area contributed by atoms with Gasteiger partial charge in [-0.15, -0.1) is 0 Å². The van der Waals surface area contributed by atoms with Crippen molar-refractivity contribution in [3.63, 3.8) is 0 Å². The fourth-order valence-corrected chi connectivity index (χ4v) is 0. The van der Waals surface area contributed by atoms with Gasteiger partial charge in [-0.2, -0.15) is 19.3 Å². The van der Waals surface area contributed by atoms with Crippen molar-refractivity contribution in [2.45, 2.75) is 59.3 Å². The van der Waals surface area contributed by atoms with E-state index in [1.807, 2.05) is 0 Å². The Kier molecular flexibility index (Phi) is 99.1. The third kappa shape index (κ3) is 104. The van der Waals surface area contributed by atoms with Gasteiger partial charge in [0.15, 0.2) is 0 Å². The molecule has 5 radical (unpaired) electrons. The summed E-state index contributed by atoms with van der Waals surface area (Å²) in [7, 11) is 0. The van der Waals surface area contributed by atoms with Gasteiger partial charge in [-0.1, -0.05) is 40.0 Å². The second kappa shape index (κ2) is 46.9. The van der Waals surface area contributed by atoms with Crippen molar-refractivity contribution >= 4 is 23.9 Å². The largest absolute Gasteiger partial charge is 3.00 e. The average molecular weight is 338 g/mol. The zero-order chi connectivity index (χ0) is 10.2. The Morgan fingerprint density at radius 2 is 0.714 bits per heavy atom. The molecule has 0 N–H and O–H groups in total. The van der Waals surface area contributed by atoms with Crippen LogP contribution in [0.3, 0.4) is 0 Å². The summed E-state index contributed by atoms with van der Waals surface area (Å²) in [4.78, 5) is 0. The molecule has 0 aromatic rings. The Bertz CT molecular complexity index is 25.8. The predicted molar refractivity (Wildman–Crippen MR) is 66.5 cm³/mol. The van der Waals surface area contributed by atoms with Crippen molar-refractivity contribution in [1.82, 2.24) is 0 Å². The van der Waals surface area contributed by atoms with E-state index in [1.54, 1.807) is 0 Å². The van der Waals surface area contributed by atoms with E-state index in [4.69, 9.17) is 0 Å². The van der Waals surface area contributed by atoms with Gasteiger partial charge in [-0.05, 0) is 0 Å². The van der Waals surface area contributed by atoms with Crippen molar-refractivity contribution in [1.29, 1.82) is 0 Å². The van der Waals surface area contributed by atoms with Crippen molar-refractivity contribution in [3.8, 4) is 0 Å². The molecular formula is C12H27SnTi. The molecule has 0 rings (SSSR count). The van der Waals surface area contributed by atoms with Crippen LogP contribution in [0.5, 0.6) is 0 Å². The Morgan fingerprint density at radius 3 is 0.714 bits per heavy atom. The van der Waals surface area contributed by atoms with Crippen molar-refractivity contribution in [3.05, 3.63) is 20.8 Å². The van der Waals surface area contributed by atoms with E-state index in [9.17, 15) is 0 Å². The van der Waals surface area contributed by atoms with E-state index in [1.165, 1.54) is 19.3 Å². The van der Waals surface area contributed by atoms with Gasteiger partial charge >= 0.3 is 21.7 Å². The van der Waals surface area contributed by atoms with Crippen LogP contribution in [0.4, 0.5) is 0 Å². The second-order valence-electron chi connectivity index (χ2n) is 2.56. The van der Waals surface area contributed by atoms with Gasteiger partial charge in [0.05, 0.1) is 0 Å². The average Bonchev–Trinajstić information content (AvgIpc) is 2.18. The van der Waals surface area contributed by atoms with Crippen LogP contribution in [0.1, 0.15) is 59.3 Å². The number of hydrogen-bond donors (Lipinski definition) is 0. The van der Waals surface area contributed by atoms with E-state index in [0.29, 0.717) is 0 Å². The first kappa shape index (κ1) is 29.6. The summed E-state index contributed by atoms with van der Waals surface area (Å²) in [5.41, 5.74) is 0. The van der Waals surface area contributed by atoms with Crippen molar-refractivity contribution in [2.24, 2.45) is 0 Å². The summed E-state index contributed by atoms with van der Waals surface area (Å²) >= 11 is 0. The van der Waals surface area contributed by atoms with E-state index in [-0.39, 0.29) is 45.6 Å². The zero-order valence-corrected chi connectivity index (χ0v) is 14.8. The van der Waals surface area contributed by atoms with E-state index in [2.05, 4.69) is 41.5 Å². The van der Waals surface area contributed by atoms with E-state index in [0.717, 1.165) is 19.3 Å². The van der Waals surface area contributed by atoms with E-state index < -0.39 is 0 Å². The molecule has 0 aromatic heterocycles. The molecule has 0 aliphatic rings. The van der Waals surface area contributed by atoms with Crippen molar-refractivity contribution < 1.29 is 21.7 Å². The standard InChI is InChI=1S/3C4H9.Sn.Ti/c3*1-3-4-2;;/h3*1,3-4H2,2H3;;/q3*-1;;+3. The van der Waals surface area contributed by atoms with Gasteiger partial charge in [0.1, 0.15) is 0 Å². The molecule has 0 saturated heterocycles. The molecule has 0 heterocycles. The predicted octanol–water partition coefficient (Wildman–Crippen LogP) is 4.48. The summed E-state index contributed by atoms with van der Waals surface area (Å²) in [5, 5.41) is 0. The Hall–Kier alpha value is 1.51. The topological polar surface area (TPSA) is 0 Å². The minimum absolute atomic E-state index is 0. The minimum atomic E-state index is 0. The molecule has 0 amide bonds. The molecule has 2 heteroatoms. The Labute approximate surface area is 125 Å². The molecule has 14 heavy (non-hydrogen) atoms. The van der Waals surface area contributed by atoms with Gasteiger partial charge < -0.3 is 20.8 Å². The quantitative estimate of drug-likeness (QED) is 0.526. The number of hydrogen-bond acceptors (Lipinski definition) is 0. The Morgan fingerprint density at radius 1 is 0.643 bits per heavy atom. The molecule has 0 bridgehead atoms. The van der Waals surface area contributed by atoms with Crippen LogP contribution in [0.2, 0.25) is 0 Å². The van der Waals surface area contributed by atoms with Gasteiger partial charge in [-0.25, -0.2) is 0 Å². The number of rotatable bonds is 3. The van der Waals surface area contributed by atoms with Gasteiger partial charge in [0, 0.05) is 23.9 Å². The maximum Gasteiger partial charge on any atom is 3.00 e. The molecule has 0 fully saturated rings. The summed E-state index contributed by atoms with van der Waals surface area (Å²) in [6.07, 6.45) is 6.83. The number of unbranched alkanes of at least 4 members (excludes halogenated alkanes) is 3. The fourth-order valence-electron chi connectivity index (χ4n) is 0. The van der Waals surface area contributed by atoms with Gasteiger partial charge in [-0.3, -0.25) is 0 Å². The zero-order valence-electron chi connectivity index (χ0n) is 10.4. The smallest absolute Gasteiger partial charge is 0.343 e. The van der Waals surface area contributed by atoms with Gasteiger partial charge in [0.2, 0.25) is 0 Å². The van der Waals surface area contributed by atoms with Crippen LogP contribution in [-0.2, 0) is 21.7 Å². The first-order valence-electron chi connectivity index (χ1n) is 5.12. The third-order valence-corrected chi connectivity index (χ3v) is 1.06. The first-order chi connectivity index (χ1) is 5.74. The van der Waals surface area contributed by atoms with Crippen LogP contribution in [0.25, 0.3) is 0 Å². The molecule has 0 nitrogen and oxygen atoms in total. The van der Waals surface area contributed by atoms with Crippen molar-refractivity contribution in [2.75, 3.05) is 0 Å². The minimum Gasteiger partial charge on any atom is -0.343 e. The SMILES string of the molecule is [CH2-]CCC.[CH2-]CCC.[CH2-]CCC.[Sn].[Ti+3]. The van der Waals surface area contributed by atoms with Crippen LogP contribution >= 0.6 is 0 Å². The fraction of sp³-hybridized carbons (Fsp3) is 0.750. The molecule has 0 spiro atoms. The summed E-state index contributed by atoms with van der Waals surface area (Å²) in [6, 6.07) is 0. The molecule has 83 valence electrons. The van der Waals surface area contributed by atoms with Crippen LogP contribution in [0, 0.1) is 20.8 Å². The first-order valence-corrected chi connectivity index (χ1v) is 5.12. The molecule has 0 aliphatic carbocycles. The van der Waals surface area contributed by atoms with Crippen LogP contribution in [0.15, 0.2) is 0 Å². The molecule has 0 unspecified atom stereocenters. The molecule has 0 aliphatic heterocycles. The molecule has 0 atom stereocenters. The third-order valence-electron chi connectivity index (χ3n) is 1.06. The monoisotopic (exact) mass is 339 g/mol. The Balaban J connectivity index is -0.0000000270. The molecular weight excluding hydrogens is 311 g/mol. The van der Waals surface area contributed by atoms with Gasteiger partial charge in [0.25, 0.3) is 0 Å². The summed E-state index contributed by atoms with van der Waals surface area (Å²) in [5.74, 6) is 0. The summed E-state index contributed by atoms with van der Waals surface area (Å²) < 4.78 is 0. The second-order valence-corrected chi connectivity index (χ2v) is 2.56. The van der Waals surface area contributed by atoms with Crippen LogP contribution < -0.4 is 0 Å². The summed E-state index contributed by atoms with van der Waals surface area (Å²) in [6.45, 7) is 17.2. The maximum absolute atomic E-state index is 3.60.